The Labute approximate surface area is 161 Å². The van der Waals surface area contributed by atoms with Crippen LogP contribution >= 0.6 is 0 Å². The molecule has 3 heterocycles. The van der Waals surface area contributed by atoms with E-state index in [9.17, 15) is 0 Å². The average Bonchev–Trinajstić information content (AvgIpc) is 3.20. The summed E-state index contributed by atoms with van der Waals surface area (Å²) in [4.78, 5) is 0. The molecular formula is C26H18N2. The van der Waals surface area contributed by atoms with Crippen LogP contribution in [0.5, 0.6) is 0 Å². The third kappa shape index (κ3) is 1.52. The van der Waals surface area contributed by atoms with Crippen LogP contribution in [0.15, 0.2) is 72.8 Å². The summed E-state index contributed by atoms with van der Waals surface area (Å²) >= 11 is 0. The molecule has 132 valence electrons. The molecule has 0 amide bonds. The number of para-hydroxylation sites is 2. The molecule has 0 atom stereocenters. The quantitative estimate of drug-likeness (QED) is 0.262. The zero-order valence-electron chi connectivity index (χ0n) is 15.8. The minimum absolute atomic E-state index is 1.27. The Morgan fingerprint density at radius 2 is 0.929 bits per heavy atom. The van der Waals surface area contributed by atoms with E-state index in [1.54, 1.807) is 0 Å². The van der Waals surface area contributed by atoms with Gasteiger partial charge in [-0.3, -0.25) is 0 Å². The number of hydrogen-bond donors (Lipinski definition) is 0. The topological polar surface area (TPSA) is 8.82 Å². The zero-order valence-corrected chi connectivity index (χ0v) is 15.8. The fraction of sp³-hybridized carbons (Fsp3) is 0.0769. The minimum Gasteiger partial charge on any atom is -0.305 e. The zero-order chi connectivity index (χ0) is 18.6. The molecule has 0 bridgehead atoms. The van der Waals surface area contributed by atoms with Gasteiger partial charge in [-0.1, -0.05) is 48.5 Å². The van der Waals surface area contributed by atoms with Crippen LogP contribution in [-0.4, -0.2) is 8.80 Å². The van der Waals surface area contributed by atoms with Gasteiger partial charge in [0.05, 0.1) is 33.1 Å². The SMILES string of the molecule is Cc1ccc2c3cccc4c3n(c2c1)c1cccc2c3ccc(C)cc3n4c21. The molecule has 0 radical (unpaired) electrons. The number of benzene rings is 4. The van der Waals surface area contributed by atoms with Gasteiger partial charge in [-0.15, -0.1) is 0 Å². The summed E-state index contributed by atoms with van der Waals surface area (Å²) in [5.41, 5.74) is 10.3. The molecule has 3 aromatic heterocycles. The minimum atomic E-state index is 1.27. The average molecular weight is 358 g/mol. The summed E-state index contributed by atoms with van der Waals surface area (Å²) in [6.07, 6.45) is 0. The first-order chi connectivity index (χ1) is 13.7. The number of aromatic nitrogens is 2. The molecule has 0 spiro atoms. The molecule has 2 nitrogen and oxygen atoms in total. The van der Waals surface area contributed by atoms with E-state index in [0.717, 1.165) is 0 Å². The van der Waals surface area contributed by atoms with Crippen LogP contribution in [0.25, 0.3) is 54.6 Å². The molecule has 7 rings (SSSR count). The Morgan fingerprint density at radius 3 is 1.39 bits per heavy atom. The van der Waals surface area contributed by atoms with E-state index < -0.39 is 0 Å². The van der Waals surface area contributed by atoms with Gasteiger partial charge in [0, 0.05) is 21.5 Å². The molecule has 0 fully saturated rings. The van der Waals surface area contributed by atoms with Gasteiger partial charge < -0.3 is 8.80 Å². The molecule has 0 saturated carbocycles. The first-order valence-electron chi connectivity index (χ1n) is 9.81. The Kier molecular flexibility index (Phi) is 2.42. The van der Waals surface area contributed by atoms with Crippen molar-refractivity contribution in [1.82, 2.24) is 8.80 Å². The third-order valence-electron chi connectivity index (χ3n) is 6.33. The Hall–Kier alpha value is -3.52. The molecule has 0 unspecified atom stereocenters. The summed E-state index contributed by atoms with van der Waals surface area (Å²) in [5.74, 6) is 0. The molecule has 0 N–H and O–H groups in total. The van der Waals surface area contributed by atoms with Crippen molar-refractivity contribution < 1.29 is 0 Å². The van der Waals surface area contributed by atoms with Crippen molar-refractivity contribution in [3.8, 4) is 0 Å². The van der Waals surface area contributed by atoms with E-state index in [1.165, 1.54) is 65.8 Å². The molecule has 7 aromatic rings. The van der Waals surface area contributed by atoms with Crippen LogP contribution in [0.4, 0.5) is 0 Å². The van der Waals surface area contributed by atoms with E-state index in [-0.39, 0.29) is 0 Å². The molecule has 0 saturated heterocycles. The summed E-state index contributed by atoms with van der Waals surface area (Å²) in [5, 5.41) is 5.30. The van der Waals surface area contributed by atoms with Crippen molar-refractivity contribution in [2.75, 3.05) is 0 Å². The summed E-state index contributed by atoms with van der Waals surface area (Å²) < 4.78 is 4.95. The maximum atomic E-state index is 2.47. The Morgan fingerprint density at radius 1 is 0.464 bits per heavy atom. The van der Waals surface area contributed by atoms with Gasteiger partial charge in [0.25, 0.3) is 0 Å². The van der Waals surface area contributed by atoms with Crippen molar-refractivity contribution in [2.45, 2.75) is 13.8 Å². The number of aryl methyl sites for hydroxylation is 2. The van der Waals surface area contributed by atoms with Gasteiger partial charge >= 0.3 is 0 Å². The number of rotatable bonds is 0. The van der Waals surface area contributed by atoms with Gasteiger partial charge in [0.15, 0.2) is 0 Å². The van der Waals surface area contributed by atoms with E-state index in [4.69, 9.17) is 0 Å². The van der Waals surface area contributed by atoms with Crippen LogP contribution in [0, 0.1) is 13.8 Å². The molecule has 0 aliphatic rings. The van der Waals surface area contributed by atoms with Crippen LogP contribution in [0.1, 0.15) is 11.1 Å². The van der Waals surface area contributed by atoms with Gasteiger partial charge in [0.1, 0.15) is 0 Å². The number of nitrogens with zero attached hydrogens (tertiary/aromatic N) is 2. The second-order valence-corrected chi connectivity index (χ2v) is 8.06. The van der Waals surface area contributed by atoms with Gasteiger partial charge in [-0.25, -0.2) is 0 Å². The van der Waals surface area contributed by atoms with E-state index in [1.807, 2.05) is 0 Å². The highest BCUT2D eigenvalue weighted by Gasteiger charge is 2.20. The van der Waals surface area contributed by atoms with Crippen LogP contribution in [-0.2, 0) is 0 Å². The third-order valence-corrected chi connectivity index (χ3v) is 6.33. The fourth-order valence-electron chi connectivity index (χ4n) is 5.18. The molecule has 2 heteroatoms. The highest BCUT2D eigenvalue weighted by atomic mass is 15.0. The van der Waals surface area contributed by atoms with Crippen LogP contribution in [0.2, 0.25) is 0 Å². The van der Waals surface area contributed by atoms with Crippen molar-refractivity contribution in [3.05, 3.63) is 83.9 Å². The fourth-order valence-corrected chi connectivity index (χ4v) is 5.18. The Bertz CT molecular complexity index is 1600. The molecule has 4 aromatic carbocycles. The smallest absolute Gasteiger partial charge is 0.0783 e. The maximum Gasteiger partial charge on any atom is 0.0783 e. The largest absolute Gasteiger partial charge is 0.305 e. The van der Waals surface area contributed by atoms with E-state index in [2.05, 4.69) is 95.4 Å². The molecular weight excluding hydrogens is 340 g/mol. The van der Waals surface area contributed by atoms with Crippen LogP contribution < -0.4 is 0 Å². The van der Waals surface area contributed by atoms with E-state index in [0.29, 0.717) is 0 Å². The molecule has 0 aliphatic heterocycles. The lowest BCUT2D eigenvalue weighted by Gasteiger charge is -2.11. The summed E-state index contributed by atoms with van der Waals surface area (Å²) in [7, 11) is 0. The molecule has 0 aliphatic carbocycles. The predicted octanol–water partition coefficient (Wildman–Crippen LogP) is 6.86. The normalized spacial score (nSPS) is 12.6. The predicted molar refractivity (Wildman–Crippen MR) is 119 cm³/mol. The first kappa shape index (κ1) is 14.5. The maximum absolute atomic E-state index is 2.47. The second kappa shape index (κ2) is 4.66. The van der Waals surface area contributed by atoms with Crippen molar-refractivity contribution in [1.29, 1.82) is 0 Å². The monoisotopic (exact) mass is 358 g/mol. The van der Waals surface area contributed by atoms with Gasteiger partial charge in [0.2, 0.25) is 0 Å². The lowest BCUT2D eigenvalue weighted by molar-refractivity contribution is 1.25. The number of fused-ring (bicyclic) bond motifs is 8. The van der Waals surface area contributed by atoms with Gasteiger partial charge in [-0.2, -0.15) is 0 Å². The van der Waals surface area contributed by atoms with Crippen LogP contribution in [0.3, 0.4) is 0 Å². The van der Waals surface area contributed by atoms with Gasteiger partial charge in [-0.05, 0) is 49.2 Å². The highest BCUT2D eigenvalue weighted by molar-refractivity contribution is 6.21. The number of hydrogen-bond acceptors (Lipinski definition) is 0. The first-order valence-corrected chi connectivity index (χ1v) is 9.81. The standard InChI is InChI=1S/C26H18N2/c1-15-9-11-17-19-5-3-8-22-25(19)27(23(17)13-15)21-7-4-6-20-18-12-10-16(2)14-24(18)28(22)26(20)21/h3-14H,1-2H3. The molecule has 28 heavy (non-hydrogen) atoms. The summed E-state index contributed by atoms with van der Waals surface area (Å²) in [6.45, 7) is 4.35. The lowest BCUT2D eigenvalue weighted by Crippen LogP contribution is -1.96. The van der Waals surface area contributed by atoms with Crippen molar-refractivity contribution in [2.24, 2.45) is 0 Å². The van der Waals surface area contributed by atoms with Crippen molar-refractivity contribution in [3.63, 3.8) is 0 Å². The van der Waals surface area contributed by atoms with E-state index >= 15 is 0 Å². The summed E-state index contributed by atoms with van der Waals surface area (Å²) in [6, 6.07) is 27.1. The van der Waals surface area contributed by atoms with Crippen molar-refractivity contribution >= 4 is 54.6 Å². The lowest BCUT2D eigenvalue weighted by atomic mass is 10.1. The Balaban J connectivity index is 1.97. The highest BCUT2D eigenvalue weighted by Crippen LogP contribution is 2.40. The second-order valence-electron chi connectivity index (χ2n) is 8.06.